The number of carbonyl (C=O) groups is 1. The first-order valence-electron chi connectivity index (χ1n) is 7.03. The second-order valence-electron chi connectivity index (χ2n) is 5.53. The Bertz CT molecular complexity index is 664. The van der Waals surface area contributed by atoms with E-state index in [9.17, 15) is 9.90 Å². The zero-order valence-corrected chi connectivity index (χ0v) is 12.1. The number of fused-ring (bicyclic) bond motifs is 1. The van der Waals surface area contributed by atoms with Gasteiger partial charge in [0.25, 0.3) is 0 Å². The van der Waals surface area contributed by atoms with Gasteiger partial charge >= 0.3 is 6.09 Å². The van der Waals surface area contributed by atoms with E-state index in [-0.39, 0.29) is 12.1 Å². The molecule has 0 radical (unpaired) electrons. The number of anilines is 1. The first-order chi connectivity index (χ1) is 10.1. The smallest absolute Gasteiger partial charge is 0.407 e. The number of hydrogen-bond donors (Lipinski definition) is 1. The zero-order chi connectivity index (χ0) is 15.0. The van der Waals surface area contributed by atoms with Crippen molar-refractivity contribution in [3.05, 3.63) is 30.6 Å². The molecule has 1 aliphatic heterocycles. The van der Waals surface area contributed by atoms with Crippen LogP contribution >= 0.6 is 0 Å². The highest BCUT2D eigenvalue weighted by Crippen LogP contribution is 2.23. The van der Waals surface area contributed by atoms with Crippen LogP contribution in [0.3, 0.4) is 0 Å². The Kier molecular flexibility index (Phi) is 3.37. The molecule has 110 valence electrons. The fourth-order valence-corrected chi connectivity index (χ4v) is 3.02. The second kappa shape index (κ2) is 5.20. The average molecular weight is 286 g/mol. The molecule has 0 unspecified atom stereocenters. The van der Waals surface area contributed by atoms with E-state index in [4.69, 9.17) is 0 Å². The normalized spacial score (nSPS) is 22.6. The topological polar surface area (TPSA) is 69.6 Å². The number of nitrogens with zero attached hydrogens (tertiary/aromatic N) is 4. The fraction of sp³-hybridized carbons (Fsp3) is 0.400. The highest BCUT2D eigenvalue weighted by Gasteiger charge is 2.33. The van der Waals surface area contributed by atoms with Gasteiger partial charge in [0.15, 0.2) is 0 Å². The molecular formula is C15H18N4O2. The molecule has 6 nitrogen and oxygen atoms in total. The summed E-state index contributed by atoms with van der Waals surface area (Å²) in [5.41, 5.74) is 0.906. The molecule has 0 saturated carbocycles. The summed E-state index contributed by atoms with van der Waals surface area (Å²) in [6, 6.07) is 5.75. The summed E-state index contributed by atoms with van der Waals surface area (Å²) >= 11 is 0. The van der Waals surface area contributed by atoms with E-state index in [0.29, 0.717) is 13.1 Å². The lowest BCUT2D eigenvalue weighted by atomic mass is 10.1. The number of pyridine rings is 2. The van der Waals surface area contributed by atoms with Crippen LogP contribution in [-0.2, 0) is 0 Å². The quantitative estimate of drug-likeness (QED) is 0.870. The van der Waals surface area contributed by atoms with E-state index in [1.54, 1.807) is 12.4 Å². The van der Waals surface area contributed by atoms with Crippen LogP contribution in [0.25, 0.3) is 10.9 Å². The predicted octanol–water partition coefficient (Wildman–Crippen LogP) is 2.21. The summed E-state index contributed by atoms with van der Waals surface area (Å²) < 4.78 is 0. The molecule has 1 amide bonds. The average Bonchev–Trinajstić information content (AvgIpc) is 2.45. The SMILES string of the molecule is C[C@@H]1CN(c2ccc3cnccc3n2)C[C@H](C)N1C(=O)O. The van der Waals surface area contributed by atoms with Crippen molar-refractivity contribution in [1.29, 1.82) is 0 Å². The Morgan fingerprint density at radius 3 is 2.62 bits per heavy atom. The first kappa shape index (κ1) is 13.6. The van der Waals surface area contributed by atoms with Gasteiger partial charge in [0, 0.05) is 30.9 Å². The van der Waals surface area contributed by atoms with E-state index in [1.165, 1.54) is 4.90 Å². The maximum absolute atomic E-state index is 11.3. The van der Waals surface area contributed by atoms with Crippen molar-refractivity contribution in [2.45, 2.75) is 25.9 Å². The molecular weight excluding hydrogens is 268 g/mol. The summed E-state index contributed by atoms with van der Waals surface area (Å²) in [7, 11) is 0. The van der Waals surface area contributed by atoms with Crippen molar-refractivity contribution in [3.8, 4) is 0 Å². The van der Waals surface area contributed by atoms with E-state index in [0.717, 1.165) is 16.7 Å². The van der Waals surface area contributed by atoms with Crippen LogP contribution < -0.4 is 4.90 Å². The van der Waals surface area contributed by atoms with Crippen LogP contribution in [0.4, 0.5) is 10.6 Å². The molecule has 1 N–H and O–H groups in total. The number of rotatable bonds is 1. The van der Waals surface area contributed by atoms with Gasteiger partial charge in [0.2, 0.25) is 0 Å². The van der Waals surface area contributed by atoms with Crippen molar-refractivity contribution in [1.82, 2.24) is 14.9 Å². The van der Waals surface area contributed by atoms with Gasteiger partial charge in [-0.05, 0) is 32.0 Å². The van der Waals surface area contributed by atoms with E-state index >= 15 is 0 Å². The van der Waals surface area contributed by atoms with Gasteiger partial charge in [-0.1, -0.05) is 0 Å². The minimum absolute atomic E-state index is 0.0545. The standard InChI is InChI=1S/C15H18N4O2/c1-10-8-18(9-11(2)19(10)15(20)21)14-4-3-12-7-16-6-5-13(12)17-14/h3-7,10-11H,8-9H2,1-2H3,(H,20,21)/t10-,11+. The van der Waals surface area contributed by atoms with Gasteiger partial charge < -0.3 is 10.0 Å². The molecule has 1 aliphatic rings. The van der Waals surface area contributed by atoms with E-state index in [2.05, 4.69) is 14.9 Å². The monoisotopic (exact) mass is 286 g/mol. The van der Waals surface area contributed by atoms with Gasteiger partial charge in [-0.25, -0.2) is 9.78 Å². The molecule has 2 atom stereocenters. The minimum atomic E-state index is -0.854. The molecule has 21 heavy (non-hydrogen) atoms. The van der Waals surface area contributed by atoms with Crippen LogP contribution in [0.2, 0.25) is 0 Å². The molecule has 2 aromatic rings. The fourth-order valence-electron chi connectivity index (χ4n) is 3.02. The molecule has 6 heteroatoms. The largest absolute Gasteiger partial charge is 0.465 e. The van der Waals surface area contributed by atoms with Gasteiger partial charge in [0.05, 0.1) is 17.6 Å². The lowest BCUT2D eigenvalue weighted by Crippen LogP contribution is -2.58. The summed E-state index contributed by atoms with van der Waals surface area (Å²) in [6.07, 6.45) is 2.67. The second-order valence-corrected chi connectivity index (χ2v) is 5.53. The Balaban J connectivity index is 1.88. The molecule has 1 fully saturated rings. The zero-order valence-electron chi connectivity index (χ0n) is 12.1. The van der Waals surface area contributed by atoms with Crippen molar-refractivity contribution < 1.29 is 9.90 Å². The summed E-state index contributed by atoms with van der Waals surface area (Å²) in [5, 5.41) is 10.3. The number of hydrogen-bond acceptors (Lipinski definition) is 4. The van der Waals surface area contributed by atoms with Crippen LogP contribution in [-0.4, -0.2) is 51.2 Å². The minimum Gasteiger partial charge on any atom is -0.465 e. The van der Waals surface area contributed by atoms with Gasteiger partial charge in [0.1, 0.15) is 5.82 Å². The lowest BCUT2D eigenvalue weighted by Gasteiger charge is -2.43. The van der Waals surface area contributed by atoms with E-state index in [1.807, 2.05) is 32.0 Å². The molecule has 1 saturated heterocycles. The van der Waals surface area contributed by atoms with Gasteiger partial charge in [-0.2, -0.15) is 0 Å². The number of aromatic nitrogens is 2. The highest BCUT2D eigenvalue weighted by molar-refractivity contribution is 5.79. The number of piperazine rings is 1. The summed E-state index contributed by atoms with van der Waals surface area (Å²) in [5.74, 6) is 0.887. The number of carboxylic acid groups (broad SMARTS) is 1. The van der Waals surface area contributed by atoms with Crippen molar-refractivity contribution in [2.24, 2.45) is 0 Å². The van der Waals surface area contributed by atoms with Crippen LogP contribution in [0.15, 0.2) is 30.6 Å². The Morgan fingerprint density at radius 2 is 1.95 bits per heavy atom. The Hall–Kier alpha value is -2.37. The van der Waals surface area contributed by atoms with Crippen molar-refractivity contribution in [3.63, 3.8) is 0 Å². The van der Waals surface area contributed by atoms with Crippen LogP contribution in [0.1, 0.15) is 13.8 Å². The third kappa shape index (κ3) is 2.49. The first-order valence-corrected chi connectivity index (χ1v) is 7.03. The third-order valence-electron chi connectivity index (χ3n) is 3.94. The summed E-state index contributed by atoms with van der Waals surface area (Å²) in [4.78, 5) is 23.7. The molecule has 0 bridgehead atoms. The highest BCUT2D eigenvalue weighted by atomic mass is 16.4. The van der Waals surface area contributed by atoms with E-state index < -0.39 is 6.09 Å². The maximum atomic E-state index is 11.3. The van der Waals surface area contributed by atoms with Crippen LogP contribution in [0, 0.1) is 0 Å². The van der Waals surface area contributed by atoms with Crippen molar-refractivity contribution >= 4 is 22.8 Å². The van der Waals surface area contributed by atoms with Gasteiger partial charge in [-0.15, -0.1) is 0 Å². The summed E-state index contributed by atoms with van der Waals surface area (Å²) in [6.45, 7) is 5.17. The number of amides is 1. The molecule has 0 spiro atoms. The predicted molar refractivity (Wildman–Crippen MR) is 80.5 cm³/mol. The Morgan fingerprint density at radius 1 is 1.24 bits per heavy atom. The Labute approximate surface area is 123 Å². The molecule has 2 aromatic heterocycles. The van der Waals surface area contributed by atoms with Crippen LogP contribution in [0.5, 0.6) is 0 Å². The lowest BCUT2D eigenvalue weighted by molar-refractivity contribution is 0.0981. The van der Waals surface area contributed by atoms with Crippen molar-refractivity contribution in [2.75, 3.05) is 18.0 Å². The maximum Gasteiger partial charge on any atom is 0.407 e. The third-order valence-corrected chi connectivity index (χ3v) is 3.94. The molecule has 0 aromatic carbocycles. The van der Waals surface area contributed by atoms with Gasteiger partial charge in [-0.3, -0.25) is 9.88 Å². The molecule has 3 heterocycles. The molecule has 0 aliphatic carbocycles. The molecule has 3 rings (SSSR count).